The predicted octanol–water partition coefficient (Wildman–Crippen LogP) is 1.11. The summed E-state index contributed by atoms with van der Waals surface area (Å²) in [4.78, 5) is 27.0. The minimum atomic E-state index is -1.79. The summed E-state index contributed by atoms with van der Waals surface area (Å²) in [5.74, 6) is -1.14. The first-order valence-corrected chi connectivity index (χ1v) is 8.23. The highest BCUT2D eigenvalue weighted by atomic mass is 16.6. The van der Waals surface area contributed by atoms with Gasteiger partial charge in [0.25, 0.3) is 0 Å². The van der Waals surface area contributed by atoms with Crippen LogP contribution in [-0.2, 0) is 19.1 Å². The molecule has 0 aliphatic carbocycles. The van der Waals surface area contributed by atoms with Crippen LogP contribution in [0, 0.1) is 0 Å². The van der Waals surface area contributed by atoms with Crippen molar-refractivity contribution >= 4 is 11.9 Å². The Hall–Kier alpha value is -1.92. The maximum absolute atomic E-state index is 12.5. The lowest BCUT2D eigenvalue weighted by Crippen LogP contribution is -2.41. The Labute approximate surface area is 141 Å². The molecule has 3 heterocycles. The summed E-state index contributed by atoms with van der Waals surface area (Å²) in [5.41, 5.74) is -0.202. The molecule has 3 unspecified atom stereocenters. The van der Waals surface area contributed by atoms with Crippen molar-refractivity contribution in [3.05, 3.63) is 34.9 Å². The fraction of sp³-hybridized carbons (Fsp3) is 0.556. The molecule has 0 radical (unpaired) electrons. The molecule has 3 aliphatic rings. The maximum atomic E-state index is 12.5. The van der Waals surface area contributed by atoms with Gasteiger partial charge in [-0.2, -0.15) is 0 Å². The van der Waals surface area contributed by atoms with Gasteiger partial charge in [0, 0.05) is 13.1 Å². The smallest absolute Gasteiger partial charge is 0.342 e. The number of rotatable bonds is 0. The first-order valence-electron chi connectivity index (χ1n) is 8.23. The van der Waals surface area contributed by atoms with Crippen LogP contribution >= 0.6 is 0 Å². The largest absolute Gasteiger partial charge is 0.459 e. The molecule has 0 bridgehead atoms. The summed E-state index contributed by atoms with van der Waals surface area (Å²) < 4.78 is 11.1. The van der Waals surface area contributed by atoms with Crippen molar-refractivity contribution < 1.29 is 24.2 Å². The lowest BCUT2D eigenvalue weighted by molar-refractivity contribution is -0.159. The van der Waals surface area contributed by atoms with Crippen LogP contribution in [0.3, 0.4) is 0 Å². The third kappa shape index (κ3) is 2.80. The average molecular weight is 333 g/mol. The van der Waals surface area contributed by atoms with E-state index in [4.69, 9.17) is 9.47 Å². The van der Waals surface area contributed by atoms with Gasteiger partial charge in [-0.25, -0.2) is 9.59 Å². The highest BCUT2D eigenvalue weighted by molar-refractivity contribution is 5.93. The third-order valence-electron chi connectivity index (χ3n) is 5.13. The van der Waals surface area contributed by atoms with Gasteiger partial charge in [0.15, 0.2) is 5.60 Å². The Bertz CT molecular complexity index is 658. The van der Waals surface area contributed by atoms with Crippen molar-refractivity contribution in [2.45, 2.75) is 44.9 Å². The van der Waals surface area contributed by atoms with E-state index >= 15 is 0 Å². The quantitative estimate of drug-likeness (QED) is 0.407. The number of carbonyl (C=O) groups is 2. The van der Waals surface area contributed by atoms with Gasteiger partial charge < -0.3 is 14.6 Å². The van der Waals surface area contributed by atoms with E-state index in [-0.39, 0.29) is 18.8 Å². The lowest BCUT2D eigenvalue weighted by Gasteiger charge is -2.27. The van der Waals surface area contributed by atoms with Crippen molar-refractivity contribution in [2.24, 2.45) is 0 Å². The van der Waals surface area contributed by atoms with Gasteiger partial charge in [-0.05, 0) is 44.4 Å². The van der Waals surface area contributed by atoms with Crippen molar-refractivity contribution in [1.29, 1.82) is 0 Å². The van der Waals surface area contributed by atoms with Gasteiger partial charge in [0.1, 0.15) is 12.7 Å². The highest BCUT2D eigenvalue weighted by Crippen LogP contribution is 2.33. The molecule has 0 amide bonds. The summed E-state index contributed by atoms with van der Waals surface area (Å²) in [6.07, 6.45) is 5.64. The standard InChI is InChI=1S/C18H23NO5/c1-4-12-9-11(2)18(3,22)17(21)23-10-13-5-7-19-8-6-14(15(13)19)24-16(12)20/h4-5,9,14-15,22H,6-8,10H2,1-3H3. The second-order valence-corrected chi connectivity index (χ2v) is 6.67. The molecule has 3 aliphatic heterocycles. The number of cyclic esters (lactones) is 1. The van der Waals surface area contributed by atoms with Gasteiger partial charge in [-0.1, -0.05) is 12.2 Å². The summed E-state index contributed by atoms with van der Waals surface area (Å²) in [6.45, 7) is 6.40. The van der Waals surface area contributed by atoms with E-state index in [1.165, 1.54) is 13.0 Å². The zero-order valence-electron chi connectivity index (χ0n) is 14.2. The van der Waals surface area contributed by atoms with E-state index in [1.54, 1.807) is 19.9 Å². The lowest BCUT2D eigenvalue weighted by atomic mass is 9.94. The van der Waals surface area contributed by atoms with E-state index in [9.17, 15) is 14.7 Å². The van der Waals surface area contributed by atoms with Gasteiger partial charge in [0.05, 0.1) is 11.6 Å². The maximum Gasteiger partial charge on any atom is 0.342 e. The zero-order valence-corrected chi connectivity index (χ0v) is 14.2. The van der Waals surface area contributed by atoms with Crippen LogP contribution in [0.2, 0.25) is 0 Å². The van der Waals surface area contributed by atoms with E-state index < -0.39 is 17.5 Å². The molecular formula is C18H23NO5. The Kier molecular flexibility index (Phi) is 4.36. The molecule has 0 saturated carbocycles. The van der Waals surface area contributed by atoms with E-state index in [2.05, 4.69) is 4.90 Å². The molecule has 24 heavy (non-hydrogen) atoms. The van der Waals surface area contributed by atoms with Gasteiger partial charge >= 0.3 is 11.9 Å². The normalized spacial score (nSPS) is 36.2. The monoisotopic (exact) mass is 333 g/mol. The Morgan fingerprint density at radius 1 is 1.42 bits per heavy atom. The van der Waals surface area contributed by atoms with Crippen LogP contribution in [0.4, 0.5) is 0 Å². The van der Waals surface area contributed by atoms with Crippen LogP contribution in [0.25, 0.3) is 0 Å². The van der Waals surface area contributed by atoms with Crippen LogP contribution in [0.1, 0.15) is 27.2 Å². The summed E-state index contributed by atoms with van der Waals surface area (Å²) in [5, 5.41) is 10.5. The molecule has 6 nitrogen and oxygen atoms in total. The fourth-order valence-corrected chi connectivity index (χ4v) is 3.42. The van der Waals surface area contributed by atoms with Crippen LogP contribution in [0.5, 0.6) is 0 Å². The van der Waals surface area contributed by atoms with Crippen molar-refractivity contribution in [2.75, 3.05) is 19.7 Å². The summed E-state index contributed by atoms with van der Waals surface area (Å²) >= 11 is 0. The fourth-order valence-electron chi connectivity index (χ4n) is 3.42. The molecule has 1 saturated heterocycles. The first kappa shape index (κ1) is 16.9. The minimum Gasteiger partial charge on any atom is -0.459 e. The van der Waals surface area contributed by atoms with E-state index in [0.29, 0.717) is 11.1 Å². The summed E-state index contributed by atoms with van der Waals surface area (Å²) in [6, 6.07) is -0.0469. The number of nitrogens with zero attached hydrogens (tertiary/aromatic N) is 1. The minimum absolute atomic E-state index is 0.0469. The second kappa shape index (κ2) is 6.18. The van der Waals surface area contributed by atoms with Crippen LogP contribution in [-0.4, -0.2) is 59.4 Å². The van der Waals surface area contributed by atoms with Crippen LogP contribution < -0.4 is 0 Å². The van der Waals surface area contributed by atoms with Gasteiger partial charge in [-0.15, -0.1) is 0 Å². The average Bonchev–Trinajstić information content (AvgIpc) is 3.12. The summed E-state index contributed by atoms with van der Waals surface area (Å²) in [7, 11) is 0. The zero-order chi connectivity index (χ0) is 17.5. The number of hydrogen-bond acceptors (Lipinski definition) is 6. The SMILES string of the molecule is CC=C1C=C(C)C(C)(O)C(=O)OCC2=CCN3CCC(OC1=O)C23. The number of aliphatic hydroxyl groups is 1. The van der Waals surface area contributed by atoms with Gasteiger partial charge in [-0.3, -0.25) is 4.90 Å². The molecule has 0 spiro atoms. The molecule has 6 heteroatoms. The first-order chi connectivity index (χ1) is 11.3. The Morgan fingerprint density at radius 3 is 2.88 bits per heavy atom. The number of ether oxygens (including phenoxy) is 2. The van der Waals surface area contributed by atoms with Crippen molar-refractivity contribution in [3.63, 3.8) is 0 Å². The molecule has 3 atom stereocenters. The van der Waals surface area contributed by atoms with E-state index in [1.807, 2.05) is 6.08 Å². The molecule has 1 fully saturated rings. The molecule has 0 aromatic carbocycles. The number of carbonyl (C=O) groups excluding carboxylic acids is 2. The van der Waals surface area contributed by atoms with E-state index in [0.717, 1.165) is 25.1 Å². The Balaban J connectivity index is 1.98. The number of esters is 2. The van der Waals surface area contributed by atoms with Crippen molar-refractivity contribution in [1.82, 2.24) is 4.90 Å². The van der Waals surface area contributed by atoms with Crippen molar-refractivity contribution in [3.8, 4) is 0 Å². The molecule has 0 aromatic rings. The third-order valence-corrected chi connectivity index (χ3v) is 5.13. The second-order valence-electron chi connectivity index (χ2n) is 6.67. The molecule has 1 N–H and O–H groups in total. The van der Waals surface area contributed by atoms with Crippen LogP contribution in [0.15, 0.2) is 34.9 Å². The molecule has 0 aromatic heterocycles. The van der Waals surface area contributed by atoms with Gasteiger partial charge in [0.2, 0.25) is 0 Å². The topological polar surface area (TPSA) is 76.1 Å². The number of hydrogen-bond donors (Lipinski definition) is 1. The number of allylic oxidation sites excluding steroid dienone is 1. The molecule has 130 valence electrons. The predicted molar refractivity (Wildman–Crippen MR) is 87.0 cm³/mol. The molecule has 3 rings (SSSR count). The Morgan fingerprint density at radius 2 is 2.17 bits per heavy atom. The highest BCUT2D eigenvalue weighted by Gasteiger charge is 2.43. The molecular weight excluding hydrogens is 310 g/mol.